The van der Waals surface area contributed by atoms with E-state index in [4.69, 9.17) is 4.74 Å². The summed E-state index contributed by atoms with van der Waals surface area (Å²) in [7, 11) is 0. The average Bonchev–Trinajstić information content (AvgIpc) is 3.62. The Bertz CT molecular complexity index is 1020. The second kappa shape index (κ2) is 10.3. The number of nitrogens with one attached hydrogen (secondary N) is 2. The summed E-state index contributed by atoms with van der Waals surface area (Å²) in [6, 6.07) is 14.4. The summed E-state index contributed by atoms with van der Waals surface area (Å²) in [4.78, 5) is 37.2. The van der Waals surface area contributed by atoms with Gasteiger partial charge in [-0.05, 0) is 53.4 Å². The van der Waals surface area contributed by atoms with Crippen LogP contribution in [0.15, 0.2) is 48.5 Å². The van der Waals surface area contributed by atoms with Crippen molar-refractivity contribution in [2.75, 3.05) is 6.61 Å². The molecule has 2 aromatic carbocycles. The highest BCUT2D eigenvalue weighted by atomic mass is 16.5. The first-order valence-corrected chi connectivity index (χ1v) is 12.0. The number of carbonyl (C=O) groups is 3. The number of alkyl carbamates (subject to hydrolysis) is 1. The van der Waals surface area contributed by atoms with Crippen LogP contribution in [-0.4, -0.2) is 41.8 Å². The number of amides is 2. The number of hydrogen-bond donors (Lipinski definition) is 3. The van der Waals surface area contributed by atoms with Crippen molar-refractivity contribution in [3.8, 4) is 11.1 Å². The molecule has 4 rings (SSSR count). The van der Waals surface area contributed by atoms with Gasteiger partial charge in [-0.1, -0.05) is 68.8 Å². The highest BCUT2D eigenvalue weighted by molar-refractivity contribution is 5.89. The fourth-order valence-corrected chi connectivity index (χ4v) is 4.65. The highest BCUT2D eigenvalue weighted by Gasteiger charge is 2.39. The maximum absolute atomic E-state index is 12.9. The Morgan fingerprint density at radius 3 is 2.12 bits per heavy atom. The zero-order valence-electron chi connectivity index (χ0n) is 19.6. The van der Waals surface area contributed by atoms with Crippen LogP contribution in [0.5, 0.6) is 0 Å². The quantitative estimate of drug-likeness (QED) is 0.486. The second-order valence-electron chi connectivity index (χ2n) is 9.43. The molecule has 0 heterocycles. The third-order valence-corrected chi connectivity index (χ3v) is 6.94. The fourth-order valence-electron chi connectivity index (χ4n) is 4.65. The molecule has 3 N–H and O–H groups in total. The first kappa shape index (κ1) is 23.8. The summed E-state index contributed by atoms with van der Waals surface area (Å²) in [5, 5.41) is 14.8. The average molecular weight is 465 g/mol. The summed E-state index contributed by atoms with van der Waals surface area (Å²) in [5.41, 5.74) is 4.50. The molecule has 2 aliphatic rings. The molecule has 0 aliphatic heterocycles. The monoisotopic (exact) mass is 464 g/mol. The summed E-state index contributed by atoms with van der Waals surface area (Å²) in [6.45, 7) is 4.16. The molecule has 2 amide bonds. The standard InChI is InChI=1S/C27H32N2O5/c1-3-16(2)14-23(25(30)29-24(26(31)32)17-12-13-17)28-27(33)34-15-22-20-10-6-4-8-18(20)19-9-5-7-11-21(19)22/h4-11,16-17,22-24H,3,12-15H2,1-2H3,(H,28,33)(H,29,30)(H,31,32). The number of rotatable bonds is 10. The number of hydrogen-bond acceptors (Lipinski definition) is 4. The fraction of sp³-hybridized carbons (Fsp3) is 0.444. The number of benzene rings is 2. The third kappa shape index (κ3) is 5.24. The lowest BCUT2D eigenvalue weighted by Crippen LogP contribution is -2.53. The molecular formula is C27H32N2O5. The lowest BCUT2D eigenvalue weighted by atomic mass is 9.98. The van der Waals surface area contributed by atoms with Crippen LogP contribution < -0.4 is 10.6 Å². The second-order valence-corrected chi connectivity index (χ2v) is 9.43. The van der Waals surface area contributed by atoms with Crippen LogP contribution >= 0.6 is 0 Å². The molecule has 0 aromatic heterocycles. The Kier molecular flexibility index (Phi) is 7.20. The van der Waals surface area contributed by atoms with Crippen molar-refractivity contribution >= 4 is 18.0 Å². The molecule has 0 spiro atoms. The Labute approximate surface area is 199 Å². The third-order valence-electron chi connectivity index (χ3n) is 6.94. The smallest absolute Gasteiger partial charge is 0.407 e. The first-order chi connectivity index (χ1) is 16.4. The molecule has 7 heteroatoms. The van der Waals surface area contributed by atoms with Crippen LogP contribution in [0.3, 0.4) is 0 Å². The molecule has 1 saturated carbocycles. The Morgan fingerprint density at radius 1 is 1.00 bits per heavy atom. The number of carbonyl (C=O) groups excluding carboxylic acids is 2. The van der Waals surface area contributed by atoms with Gasteiger partial charge in [0, 0.05) is 5.92 Å². The number of carboxylic acid groups (broad SMARTS) is 1. The zero-order chi connectivity index (χ0) is 24.2. The van der Waals surface area contributed by atoms with Gasteiger partial charge in [0.2, 0.25) is 5.91 Å². The highest BCUT2D eigenvalue weighted by Crippen LogP contribution is 2.44. The van der Waals surface area contributed by atoms with Gasteiger partial charge in [0.05, 0.1) is 0 Å². The Balaban J connectivity index is 1.42. The molecule has 3 atom stereocenters. The van der Waals surface area contributed by atoms with Crippen molar-refractivity contribution in [2.45, 2.75) is 57.5 Å². The van der Waals surface area contributed by atoms with Crippen LogP contribution in [0.4, 0.5) is 4.79 Å². The minimum absolute atomic E-state index is 0.0415. The van der Waals surface area contributed by atoms with Crippen LogP contribution in [0.1, 0.15) is 56.6 Å². The van der Waals surface area contributed by atoms with E-state index in [-0.39, 0.29) is 24.4 Å². The van der Waals surface area contributed by atoms with E-state index in [0.29, 0.717) is 6.42 Å². The summed E-state index contributed by atoms with van der Waals surface area (Å²) >= 11 is 0. The van der Waals surface area contributed by atoms with Gasteiger partial charge in [-0.25, -0.2) is 9.59 Å². The molecule has 180 valence electrons. The summed E-state index contributed by atoms with van der Waals surface area (Å²) in [5.74, 6) is -1.47. The molecule has 3 unspecified atom stereocenters. The van der Waals surface area contributed by atoms with Crippen LogP contribution in [0.2, 0.25) is 0 Å². The van der Waals surface area contributed by atoms with Gasteiger partial charge in [0.25, 0.3) is 0 Å². The molecule has 0 bridgehead atoms. The maximum Gasteiger partial charge on any atom is 0.407 e. The van der Waals surface area contributed by atoms with Crippen LogP contribution in [-0.2, 0) is 14.3 Å². The normalized spacial score (nSPS) is 17.1. The zero-order valence-corrected chi connectivity index (χ0v) is 19.6. The molecule has 7 nitrogen and oxygen atoms in total. The number of aliphatic carboxylic acids is 1. The molecule has 2 aromatic rings. The predicted octanol–water partition coefficient (Wildman–Crippen LogP) is 4.31. The first-order valence-electron chi connectivity index (χ1n) is 12.0. The van der Waals surface area contributed by atoms with E-state index in [1.165, 1.54) is 0 Å². The maximum atomic E-state index is 12.9. The summed E-state index contributed by atoms with van der Waals surface area (Å²) in [6.07, 6.45) is 2.13. The summed E-state index contributed by atoms with van der Waals surface area (Å²) < 4.78 is 5.60. The van der Waals surface area contributed by atoms with E-state index >= 15 is 0 Å². The van der Waals surface area contributed by atoms with Gasteiger partial charge in [0.15, 0.2) is 0 Å². The Hall–Kier alpha value is -3.35. The molecule has 2 aliphatic carbocycles. The molecule has 1 fully saturated rings. The van der Waals surface area contributed by atoms with Crippen LogP contribution in [0.25, 0.3) is 11.1 Å². The van der Waals surface area contributed by atoms with Crippen molar-refractivity contribution in [3.63, 3.8) is 0 Å². The van der Waals surface area contributed by atoms with E-state index in [9.17, 15) is 19.5 Å². The largest absolute Gasteiger partial charge is 0.480 e. The molecular weight excluding hydrogens is 432 g/mol. The van der Waals surface area contributed by atoms with E-state index < -0.39 is 30.1 Å². The van der Waals surface area contributed by atoms with Gasteiger partial charge >= 0.3 is 12.1 Å². The van der Waals surface area contributed by atoms with Gasteiger partial charge in [-0.15, -0.1) is 0 Å². The molecule has 0 radical (unpaired) electrons. The van der Waals surface area contributed by atoms with Crippen molar-refractivity contribution < 1.29 is 24.2 Å². The van der Waals surface area contributed by atoms with E-state index in [1.54, 1.807) is 0 Å². The number of ether oxygens (including phenoxy) is 1. The number of carboxylic acids is 1. The van der Waals surface area contributed by atoms with Crippen molar-refractivity contribution in [3.05, 3.63) is 59.7 Å². The van der Waals surface area contributed by atoms with E-state index in [2.05, 4.69) is 22.8 Å². The SMILES string of the molecule is CCC(C)CC(NC(=O)OCC1c2ccccc2-c2ccccc21)C(=O)NC(C(=O)O)C1CC1. The minimum Gasteiger partial charge on any atom is -0.480 e. The number of fused-ring (bicyclic) bond motifs is 3. The Morgan fingerprint density at radius 2 is 1.59 bits per heavy atom. The van der Waals surface area contributed by atoms with E-state index in [1.807, 2.05) is 50.2 Å². The van der Waals surface area contributed by atoms with Crippen molar-refractivity contribution in [1.29, 1.82) is 0 Å². The molecule has 0 saturated heterocycles. The molecule has 34 heavy (non-hydrogen) atoms. The van der Waals surface area contributed by atoms with Crippen molar-refractivity contribution in [2.24, 2.45) is 11.8 Å². The van der Waals surface area contributed by atoms with E-state index in [0.717, 1.165) is 41.5 Å². The van der Waals surface area contributed by atoms with Gasteiger partial charge in [-0.2, -0.15) is 0 Å². The predicted molar refractivity (Wildman–Crippen MR) is 128 cm³/mol. The van der Waals surface area contributed by atoms with Gasteiger partial charge in [-0.3, -0.25) is 4.79 Å². The lowest BCUT2D eigenvalue weighted by molar-refractivity contribution is -0.142. The van der Waals surface area contributed by atoms with Crippen molar-refractivity contribution in [1.82, 2.24) is 10.6 Å². The van der Waals surface area contributed by atoms with Gasteiger partial charge in [0.1, 0.15) is 18.7 Å². The topological polar surface area (TPSA) is 105 Å². The van der Waals surface area contributed by atoms with Crippen LogP contribution in [0, 0.1) is 11.8 Å². The van der Waals surface area contributed by atoms with Gasteiger partial charge < -0.3 is 20.5 Å². The lowest BCUT2D eigenvalue weighted by Gasteiger charge is -2.23. The minimum atomic E-state index is -1.04.